The van der Waals surface area contributed by atoms with E-state index in [1.54, 1.807) is 41.5 Å². The summed E-state index contributed by atoms with van der Waals surface area (Å²) < 4.78 is 38.2. The minimum Gasteiger partial charge on any atom is -0.452 e. The molecule has 4 aromatic rings. The van der Waals surface area contributed by atoms with Crippen molar-refractivity contribution in [2.45, 2.75) is 116 Å². The molecule has 2 aromatic carbocycles. The normalized spacial score (nSPS) is 19.7. The second-order valence-corrected chi connectivity index (χ2v) is 21.6. The summed E-state index contributed by atoms with van der Waals surface area (Å²) in [5, 5.41) is 1.04. The average molecular weight is 848 g/mol. The van der Waals surface area contributed by atoms with Crippen LogP contribution in [-0.2, 0) is 37.7 Å². The number of halogens is 1. The summed E-state index contributed by atoms with van der Waals surface area (Å²) in [7, 11) is -3.25. The number of fused-ring (bicyclic) bond motifs is 1. The first-order valence-corrected chi connectivity index (χ1v) is 21.1. The number of hydrogen-bond acceptors (Lipinski definition) is 13. The summed E-state index contributed by atoms with van der Waals surface area (Å²) in [6.07, 6.45) is 1.09. The molecule has 3 heterocycles. The molecule has 1 aliphatic heterocycles. The molecule has 2 amide bonds. The van der Waals surface area contributed by atoms with Gasteiger partial charge in [-0.25, -0.2) is 14.6 Å². The zero-order valence-electron chi connectivity index (χ0n) is 35.1. The van der Waals surface area contributed by atoms with E-state index in [1.165, 1.54) is 24.7 Å². The van der Waals surface area contributed by atoms with Gasteiger partial charge in [0.25, 0.3) is 8.32 Å². The van der Waals surface area contributed by atoms with E-state index >= 15 is 0 Å². The van der Waals surface area contributed by atoms with Crippen molar-refractivity contribution in [1.82, 2.24) is 19.5 Å². The molecule has 0 N–H and O–H groups in total. The highest BCUT2D eigenvalue weighted by molar-refractivity contribution is 6.99. The maximum atomic E-state index is 13.7. The first-order valence-electron chi connectivity index (χ1n) is 18.9. The number of terminal acetylenes is 1. The van der Waals surface area contributed by atoms with Crippen molar-refractivity contribution in [2.75, 3.05) is 11.5 Å². The van der Waals surface area contributed by atoms with E-state index in [0.717, 1.165) is 10.4 Å². The molecule has 1 aliphatic rings. The molecule has 0 unspecified atom stereocenters. The van der Waals surface area contributed by atoms with Crippen molar-refractivity contribution >= 4 is 71.4 Å². The van der Waals surface area contributed by atoms with E-state index in [0.29, 0.717) is 4.90 Å². The Morgan fingerprint density at radius 1 is 0.864 bits per heavy atom. The minimum absolute atomic E-state index is 0.0819. The molecule has 4 atom stereocenters. The predicted octanol–water partition coefficient (Wildman–Crippen LogP) is 6.50. The highest BCUT2D eigenvalue weighted by Crippen LogP contribution is 2.45. The number of aromatic nitrogens is 4. The molecule has 1 saturated heterocycles. The molecule has 0 saturated carbocycles. The third-order valence-electron chi connectivity index (χ3n) is 9.18. The maximum Gasteiger partial charge on any atom is 0.425 e. The van der Waals surface area contributed by atoms with Gasteiger partial charge in [0.2, 0.25) is 17.0 Å². The summed E-state index contributed by atoms with van der Waals surface area (Å²) in [6.45, 7) is 18.1. The van der Waals surface area contributed by atoms with E-state index < -0.39 is 78.0 Å². The van der Waals surface area contributed by atoms with Gasteiger partial charge in [-0.15, -0.1) is 6.42 Å². The standard InChI is InChI=1S/C42H50ClN5O10Si/c1-13-42(56-27(3)50)30(24-53-59(41(10,11)12,28-20-16-14-17-21-28)29-22-18-15-19-23-29)55-35(32(42)54-26(2)49)47-25-44-31-33(47)45-36(43)46-34(31)48(37(51)57-39(4,5)6)38(52)58-40(7,8)9/h1,14-23,25,30,32,35H,24H2,2-12H3/t30-,32+,35-,42-/m1/s1. The zero-order chi connectivity index (χ0) is 43.7. The van der Waals surface area contributed by atoms with Crippen molar-refractivity contribution in [1.29, 1.82) is 0 Å². The lowest BCUT2D eigenvalue weighted by Gasteiger charge is -2.44. The van der Waals surface area contributed by atoms with E-state index in [-0.39, 0.29) is 23.6 Å². The lowest BCUT2D eigenvalue weighted by molar-refractivity contribution is -0.175. The Kier molecular flexibility index (Phi) is 12.7. The third-order valence-corrected chi connectivity index (χ3v) is 14.4. The van der Waals surface area contributed by atoms with E-state index in [1.807, 2.05) is 60.7 Å². The Hall–Kier alpha value is -5.34. The first-order chi connectivity index (χ1) is 27.4. The van der Waals surface area contributed by atoms with Gasteiger partial charge in [-0.05, 0) is 68.6 Å². The van der Waals surface area contributed by atoms with Crippen molar-refractivity contribution in [3.05, 3.63) is 72.3 Å². The summed E-state index contributed by atoms with van der Waals surface area (Å²) in [5.74, 6) is 0.655. The number of rotatable bonds is 9. The predicted molar refractivity (Wildman–Crippen MR) is 222 cm³/mol. The van der Waals surface area contributed by atoms with Crippen LogP contribution in [0.2, 0.25) is 10.3 Å². The van der Waals surface area contributed by atoms with Crippen LogP contribution in [0.5, 0.6) is 0 Å². The van der Waals surface area contributed by atoms with Crippen molar-refractivity contribution in [2.24, 2.45) is 0 Å². The van der Waals surface area contributed by atoms with Crippen LogP contribution in [0.1, 0.15) is 82.4 Å². The van der Waals surface area contributed by atoms with Crippen LogP contribution in [0.4, 0.5) is 15.4 Å². The Morgan fingerprint density at radius 2 is 1.39 bits per heavy atom. The van der Waals surface area contributed by atoms with Crippen LogP contribution in [-0.4, -0.2) is 87.6 Å². The van der Waals surface area contributed by atoms with Gasteiger partial charge in [0.1, 0.15) is 17.3 Å². The molecule has 1 fully saturated rings. The Morgan fingerprint density at radius 3 is 1.83 bits per heavy atom. The number of hydrogen-bond donors (Lipinski definition) is 0. The average Bonchev–Trinajstić information content (AvgIpc) is 3.65. The van der Waals surface area contributed by atoms with Crippen LogP contribution in [0.15, 0.2) is 67.0 Å². The van der Waals surface area contributed by atoms with Gasteiger partial charge < -0.3 is 28.1 Å². The molecule has 0 radical (unpaired) electrons. The van der Waals surface area contributed by atoms with Gasteiger partial charge in [-0.1, -0.05) is 87.4 Å². The smallest absolute Gasteiger partial charge is 0.425 e. The number of ether oxygens (including phenoxy) is 5. The number of imide groups is 1. The number of esters is 2. The molecular formula is C42H50ClN5O10Si. The fourth-order valence-corrected chi connectivity index (χ4v) is 11.8. The SMILES string of the molecule is C#C[C@@]1(OC(C)=O)[C@@H](CO[Si](c2ccccc2)(c2ccccc2)C(C)(C)C)O[C@@H](n2cnc3c(N(C(=O)OC(C)(C)C)C(=O)OC(C)(C)C)nc(Cl)nc32)[C@@H]1OC(C)=O. The van der Waals surface area contributed by atoms with Gasteiger partial charge in [-0.2, -0.15) is 14.9 Å². The van der Waals surface area contributed by atoms with Gasteiger partial charge in [-0.3, -0.25) is 14.2 Å². The molecule has 2 aromatic heterocycles. The van der Waals surface area contributed by atoms with Crippen molar-refractivity contribution < 1.29 is 47.3 Å². The molecule has 314 valence electrons. The summed E-state index contributed by atoms with van der Waals surface area (Å²) >= 11 is 6.50. The topological polar surface area (TPSA) is 171 Å². The fraction of sp³-hybridized carbons (Fsp3) is 0.452. The maximum absolute atomic E-state index is 13.7. The minimum atomic E-state index is -3.25. The second-order valence-electron chi connectivity index (χ2n) is 17.0. The number of amides is 2. The molecular weight excluding hydrogens is 798 g/mol. The molecule has 17 heteroatoms. The molecule has 0 bridgehead atoms. The van der Waals surface area contributed by atoms with E-state index in [4.69, 9.17) is 46.1 Å². The Balaban J connectivity index is 1.70. The van der Waals surface area contributed by atoms with Gasteiger partial charge in [0, 0.05) is 13.8 Å². The number of carbonyl (C=O) groups excluding carboxylic acids is 4. The molecule has 59 heavy (non-hydrogen) atoms. The van der Waals surface area contributed by atoms with Crippen LogP contribution in [0.3, 0.4) is 0 Å². The second kappa shape index (κ2) is 16.7. The van der Waals surface area contributed by atoms with Gasteiger partial charge >= 0.3 is 24.1 Å². The summed E-state index contributed by atoms with van der Waals surface area (Å²) in [4.78, 5) is 66.8. The number of nitrogens with zero attached hydrogens (tertiary/aromatic N) is 5. The zero-order valence-corrected chi connectivity index (χ0v) is 36.8. The summed E-state index contributed by atoms with van der Waals surface area (Å²) in [5.41, 5.74) is -4.35. The fourth-order valence-electron chi connectivity index (χ4n) is 7.04. The Bertz CT molecular complexity index is 2180. The molecule has 0 aliphatic carbocycles. The number of carbonyl (C=O) groups is 4. The van der Waals surface area contributed by atoms with Crippen LogP contribution in [0, 0.1) is 12.3 Å². The largest absolute Gasteiger partial charge is 0.452 e. The van der Waals surface area contributed by atoms with Gasteiger partial charge in [0.05, 0.1) is 12.9 Å². The Labute approximate surface area is 349 Å². The monoisotopic (exact) mass is 847 g/mol. The highest BCUT2D eigenvalue weighted by Gasteiger charge is 2.63. The van der Waals surface area contributed by atoms with Crippen LogP contribution >= 0.6 is 11.6 Å². The van der Waals surface area contributed by atoms with Gasteiger partial charge in [0.15, 0.2) is 23.2 Å². The number of benzene rings is 2. The molecule has 0 spiro atoms. The highest BCUT2D eigenvalue weighted by atomic mass is 35.5. The molecule has 5 rings (SSSR count). The van der Waals surface area contributed by atoms with Crippen LogP contribution < -0.4 is 15.3 Å². The third kappa shape index (κ3) is 9.28. The quantitative estimate of drug-likeness (QED) is 0.0589. The number of imidazole rings is 1. The van der Waals surface area contributed by atoms with Crippen molar-refractivity contribution in [3.63, 3.8) is 0 Å². The first kappa shape index (κ1) is 44.8. The van der Waals surface area contributed by atoms with Crippen LogP contribution in [0.25, 0.3) is 11.2 Å². The lowest BCUT2D eigenvalue weighted by Crippen LogP contribution is -2.67. The van der Waals surface area contributed by atoms with E-state index in [2.05, 4.69) is 41.6 Å². The number of anilines is 1. The summed E-state index contributed by atoms with van der Waals surface area (Å²) in [6, 6.07) is 19.7. The lowest BCUT2D eigenvalue weighted by atomic mass is 9.92. The molecule has 15 nitrogen and oxygen atoms in total. The van der Waals surface area contributed by atoms with E-state index in [9.17, 15) is 19.2 Å². The van der Waals surface area contributed by atoms with Crippen molar-refractivity contribution in [3.8, 4) is 12.3 Å².